The molecule has 6 nitrogen and oxygen atoms in total. The van der Waals surface area contributed by atoms with E-state index < -0.39 is 6.61 Å². The van der Waals surface area contributed by atoms with E-state index in [1.165, 1.54) is 0 Å². The van der Waals surface area contributed by atoms with Crippen LogP contribution in [0.25, 0.3) is 0 Å². The molecule has 0 radical (unpaired) electrons. The molecule has 1 aromatic carbocycles. The molecule has 1 saturated heterocycles. The Bertz CT molecular complexity index is 614. The van der Waals surface area contributed by atoms with E-state index in [0.717, 1.165) is 6.54 Å². The highest BCUT2D eigenvalue weighted by molar-refractivity contribution is 14.0. The fraction of sp³-hybridized carbons (Fsp3) is 0.611. The number of benzene rings is 1. The molecule has 1 aliphatic heterocycles. The van der Waals surface area contributed by atoms with Crippen LogP contribution in [-0.4, -0.2) is 45.5 Å². The van der Waals surface area contributed by atoms with Gasteiger partial charge in [0.2, 0.25) is 0 Å². The monoisotopic (exact) mass is 499 g/mol. The maximum atomic E-state index is 12.8. The Balaban J connectivity index is 0.00000364. The van der Waals surface area contributed by atoms with Crippen LogP contribution in [0.1, 0.15) is 26.3 Å². The molecule has 0 saturated carbocycles. The van der Waals surface area contributed by atoms with E-state index in [0.29, 0.717) is 37.9 Å². The summed E-state index contributed by atoms with van der Waals surface area (Å²) in [5, 5.41) is 6.42. The number of hydrogen-bond acceptors (Lipinski definition) is 4. The second kappa shape index (κ2) is 11.5. The molecule has 1 aliphatic rings. The minimum atomic E-state index is -2.93. The summed E-state index contributed by atoms with van der Waals surface area (Å²) in [5.74, 6) is 0.936. The molecular weight excluding hydrogens is 471 g/mol. The highest BCUT2D eigenvalue weighted by Gasteiger charge is 2.33. The first-order chi connectivity index (χ1) is 12.5. The van der Waals surface area contributed by atoms with Crippen LogP contribution in [0.15, 0.2) is 23.2 Å². The molecule has 9 heteroatoms. The van der Waals surface area contributed by atoms with Gasteiger partial charge < -0.3 is 24.8 Å². The van der Waals surface area contributed by atoms with Crippen LogP contribution in [0.4, 0.5) is 8.78 Å². The number of para-hydroxylation sites is 1. The number of hydrogen-bond donors (Lipinski definition) is 2. The Labute approximate surface area is 176 Å². The lowest BCUT2D eigenvalue weighted by atomic mass is 9.89. The van der Waals surface area contributed by atoms with Gasteiger partial charge in [-0.15, -0.1) is 24.0 Å². The van der Waals surface area contributed by atoms with Crippen molar-refractivity contribution in [3.63, 3.8) is 0 Å². The molecule has 1 aromatic rings. The maximum Gasteiger partial charge on any atom is 0.387 e. The quantitative estimate of drug-likeness (QED) is 0.310. The zero-order valence-electron chi connectivity index (χ0n) is 15.9. The number of ether oxygens (including phenoxy) is 3. The van der Waals surface area contributed by atoms with E-state index in [1.54, 1.807) is 25.1 Å². The summed E-state index contributed by atoms with van der Waals surface area (Å²) in [4.78, 5) is 4.49. The van der Waals surface area contributed by atoms with Gasteiger partial charge in [0.05, 0.1) is 26.4 Å². The molecule has 1 fully saturated rings. The van der Waals surface area contributed by atoms with Crippen molar-refractivity contribution in [3.8, 4) is 11.5 Å². The predicted molar refractivity (Wildman–Crippen MR) is 111 cm³/mol. The minimum absolute atomic E-state index is 0. The van der Waals surface area contributed by atoms with E-state index in [4.69, 9.17) is 9.47 Å². The Morgan fingerprint density at radius 1 is 1.30 bits per heavy atom. The molecular formula is C18H28F2IN3O3. The first-order valence-corrected chi connectivity index (χ1v) is 8.77. The molecule has 27 heavy (non-hydrogen) atoms. The second-order valence-corrected chi connectivity index (χ2v) is 6.41. The predicted octanol–water partition coefficient (Wildman–Crippen LogP) is 3.40. The van der Waals surface area contributed by atoms with Crippen molar-refractivity contribution in [1.82, 2.24) is 10.6 Å². The highest BCUT2D eigenvalue weighted by atomic mass is 127. The molecule has 154 valence electrons. The van der Waals surface area contributed by atoms with Crippen LogP contribution in [0.2, 0.25) is 0 Å². The van der Waals surface area contributed by atoms with E-state index in [2.05, 4.69) is 27.3 Å². The lowest BCUT2D eigenvalue weighted by molar-refractivity contribution is -0.0971. The van der Waals surface area contributed by atoms with Crippen molar-refractivity contribution in [2.75, 3.05) is 32.9 Å². The number of halogens is 3. The minimum Gasteiger partial charge on any atom is -0.490 e. The first kappa shape index (κ1) is 23.7. The molecule has 1 heterocycles. The lowest BCUT2D eigenvalue weighted by Crippen LogP contribution is -2.51. The van der Waals surface area contributed by atoms with Crippen molar-refractivity contribution in [2.24, 2.45) is 10.4 Å². The van der Waals surface area contributed by atoms with Gasteiger partial charge in [-0.05, 0) is 19.9 Å². The smallest absolute Gasteiger partial charge is 0.387 e. The van der Waals surface area contributed by atoms with Crippen molar-refractivity contribution in [3.05, 3.63) is 23.8 Å². The molecule has 0 aromatic heterocycles. The van der Waals surface area contributed by atoms with E-state index in [9.17, 15) is 8.78 Å². The molecule has 2 N–H and O–H groups in total. The van der Waals surface area contributed by atoms with Gasteiger partial charge in [0.1, 0.15) is 0 Å². The van der Waals surface area contributed by atoms with Crippen LogP contribution < -0.4 is 20.1 Å². The van der Waals surface area contributed by atoms with Crippen LogP contribution >= 0.6 is 24.0 Å². The number of nitrogens with zero attached hydrogens (tertiary/aromatic N) is 1. The number of alkyl halides is 2. The molecule has 0 bridgehead atoms. The Morgan fingerprint density at radius 2 is 2.04 bits per heavy atom. The number of nitrogens with one attached hydrogen (secondary N) is 2. The fourth-order valence-electron chi connectivity index (χ4n) is 2.53. The number of guanidine groups is 1. The van der Waals surface area contributed by atoms with Gasteiger partial charge in [0.25, 0.3) is 0 Å². The zero-order valence-corrected chi connectivity index (χ0v) is 18.2. The van der Waals surface area contributed by atoms with Crippen LogP contribution in [0, 0.1) is 5.41 Å². The molecule has 0 spiro atoms. The van der Waals surface area contributed by atoms with Crippen molar-refractivity contribution in [2.45, 2.75) is 33.9 Å². The second-order valence-electron chi connectivity index (χ2n) is 6.41. The summed E-state index contributed by atoms with van der Waals surface area (Å²) in [6.45, 7) is 6.34. The van der Waals surface area contributed by atoms with Crippen molar-refractivity contribution in [1.29, 1.82) is 0 Å². The molecule has 0 amide bonds. The Kier molecular flexibility index (Phi) is 10.1. The van der Waals surface area contributed by atoms with E-state index in [1.807, 2.05) is 6.92 Å². The summed E-state index contributed by atoms with van der Waals surface area (Å²) in [5.41, 5.74) is 0.626. The number of aliphatic imine (C=N–C) groups is 1. The van der Waals surface area contributed by atoms with Gasteiger partial charge >= 0.3 is 6.61 Å². The van der Waals surface area contributed by atoms with Gasteiger partial charge in [0, 0.05) is 24.1 Å². The zero-order chi connectivity index (χ0) is 19.0. The van der Waals surface area contributed by atoms with Crippen molar-refractivity contribution >= 4 is 29.9 Å². The largest absolute Gasteiger partial charge is 0.490 e. The Morgan fingerprint density at radius 3 is 2.59 bits per heavy atom. The van der Waals surface area contributed by atoms with Gasteiger partial charge in [-0.2, -0.15) is 8.78 Å². The SMILES string of the molecule is CCNC(=NCc1cccc(OCC)c1OC(F)F)NCC1(C)COC1.I. The molecule has 0 unspecified atom stereocenters. The van der Waals surface area contributed by atoms with Gasteiger partial charge in [-0.25, -0.2) is 4.99 Å². The third-order valence-corrected chi connectivity index (χ3v) is 3.90. The molecule has 0 atom stereocenters. The van der Waals surface area contributed by atoms with Crippen molar-refractivity contribution < 1.29 is 23.0 Å². The van der Waals surface area contributed by atoms with Gasteiger partial charge in [0.15, 0.2) is 17.5 Å². The van der Waals surface area contributed by atoms with Crippen LogP contribution in [0.3, 0.4) is 0 Å². The standard InChI is InChI=1S/C18H27F2N3O3.HI/c1-4-21-17(23-10-18(3)11-24-12-18)22-9-13-7-6-8-14(25-5-2)15(13)26-16(19)20;/h6-8,16H,4-5,9-12H2,1-3H3,(H2,21,22,23);1H. The average Bonchev–Trinajstić information content (AvgIpc) is 2.57. The highest BCUT2D eigenvalue weighted by Crippen LogP contribution is 2.33. The lowest BCUT2D eigenvalue weighted by Gasteiger charge is -2.38. The third-order valence-electron chi connectivity index (χ3n) is 3.90. The van der Waals surface area contributed by atoms with Crippen LogP contribution in [0.5, 0.6) is 11.5 Å². The summed E-state index contributed by atoms with van der Waals surface area (Å²) in [6, 6.07) is 5.05. The normalized spacial score (nSPS) is 15.6. The maximum absolute atomic E-state index is 12.8. The van der Waals surface area contributed by atoms with Gasteiger partial charge in [-0.1, -0.05) is 19.1 Å². The van der Waals surface area contributed by atoms with E-state index >= 15 is 0 Å². The Hall–Kier alpha value is -1.36. The topological polar surface area (TPSA) is 64.1 Å². The molecule has 2 rings (SSSR count). The number of rotatable bonds is 9. The summed E-state index contributed by atoms with van der Waals surface area (Å²) >= 11 is 0. The van der Waals surface area contributed by atoms with E-state index in [-0.39, 0.29) is 47.4 Å². The average molecular weight is 499 g/mol. The van der Waals surface area contributed by atoms with Gasteiger partial charge in [-0.3, -0.25) is 0 Å². The first-order valence-electron chi connectivity index (χ1n) is 8.77. The fourth-order valence-corrected chi connectivity index (χ4v) is 2.53. The molecule has 0 aliphatic carbocycles. The summed E-state index contributed by atoms with van der Waals surface area (Å²) in [7, 11) is 0. The van der Waals surface area contributed by atoms with Crippen LogP contribution in [-0.2, 0) is 11.3 Å². The third kappa shape index (κ3) is 7.28. The summed E-state index contributed by atoms with van der Waals surface area (Å²) < 4.78 is 40.9. The summed E-state index contributed by atoms with van der Waals surface area (Å²) in [6.07, 6.45) is 0.